The highest BCUT2D eigenvalue weighted by atomic mass is 35.5. The Bertz CT molecular complexity index is 528. The first-order chi connectivity index (χ1) is 9.20. The molecule has 0 saturated heterocycles. The molecule has 0 amide bonds. The number of aryl methyl sites for hydroxylation is 1. The first kappa shape index (κ1) is 13.8. The fourth-order valence-corrected chi connectivity index (χ4v) is 2.17. The Morgan fingerprint density at radius 2 is 1.89 bits per heavy atom. The summed E-state index contributed by atoms with van der Waals surface area (Å²) in [7, 11) is 2.06. The van der Waals surface area contributed by atoms with Crippen LogP contribution in [0.2, 0.25) is 0 Å². The van der Waals surface area contributed by atoms with Gasteiger partial charge in [-0.2, -0.15) is 0 Å². The standard InChI is InChI=1S/C15H18ClN3/c1-12-14(11-16)3-4-15(18-12)19(2)10-7-13-5-8-17-9-6-13/h3-6,8-9H,7,10-11H2,1-2H3. The minimum atomic E-state index is 0.514. The van der Waals surface area contributed by atoms with Crippen LogP contribution >= 0.6 is 11.6 Å². The first-order valence-electron chi connectivity index (χ1n) is 6.33. The number of rotatable bonds is 5. The summed E-state index contributed by atoms with van der Waals surface area (Å²) < 4.78 is 0. The van der Waals surface area contributed by atoms with E-state index < -0.39 is 0 Å². The van der Waals surface area contributed by atoms with Gasteiger partial charge in [0.2, 0.25) is 0 Å². The Kier molecular flexibility index (Phi) is 4.74. The van der Waals surface area contributed by atoms with Gasteiger partial charge in [-0.1, -0.05) is 6.07 Å². The van der Waals surface area contributed by atoms with Crippen molar-refractivity contribution in [2.45, 2.75) is 19.2 Å². The summed E-state index contributed by atoms with van der Waals surface area (Å²) in [4.78, 5) is 10.8. The van der Waals surface area contributed by atoms with Crippen molar-refractivity contribution >= 4 is 17.4 Å². The number of hydrogen-bond acceptors (Lipinski definition) is 3. The maximum atomic E-state index is 5.85. The van der Waals surface area contributed by atoms with Crippen LogP contribution in [0.4, 0.5) is 5.82 Å². The lowest BCUT2D eigenvalue weighted by atomic mass is 10.2. The second-order valence-electron chi connectivity index (χ2n) is 4.57. The summed E-state index contributed by atoms with van der Waals surface area (Å²) in [6, 6.07) is 8.16. The lowest BCUT2D eigenvalue weighted by Gasteiger charge is -2.19. The number of alkyl halides is 1. The van der Waals surface area contributed by atoms with Crippen LogP contribution in [0.25, 0.3) is 0 Å². The summed E-state index contributed by atoms with van der Waals surface area (Å²) in [6.45, 7) is 2.93. The van der Waals surface area contributed by atoms with E-state index in [4.69, 9.17) is 11.6 Å². The second-order valence-corrected chi connectivity index (χ2v) is 4.84. The van der Waals surface area contributed by atoms with Crippen molar-refractivity contribution < 1.29 is 0 Å². The van der Waals surface area contributed by atoms with Gasteiger partial charge in [-0.05, 0) is 42.7 Å². The summed E-state index contributed by atoms with van der Waals surface area (Å²) in [5.74, 6) is 1.50. The van der Waals surface area contributed by atoms with Crippen LogP contribution in [-0.4, -0.2) is 23.6 Å². The molecule has 0 unspecified atom stereocenters. The van der Waals surface area contributed by atoms with Crippen LogP contribution in [0.3, 0.4) is 0 Å². The number of anilines is 1. The summed E-state index contributed by atoms with van der Waals surface area (Å²) in [5, 5.41) is 0. The van der Waals surface area contributed by atoms with E-state index >= 15 is 0 Å². The van der Waals surface area contributed by atoms with Gasteiger partial charge in [0.25, 0.3) is 0 Å². The number of halogens is 1. The summed E-state index contributed by atoms with van der Waals surface area (Å²) in [5.41, 5.74) is 3.38. The van der Waals surface area contributed by atoms with Crippen LogP contribution in [0.5, 0.6) is 0 Å². The molecule has 2 aromatic rings. The highest BCUT2D eigenvalue weighted by Crippen LogP contribution is 2.15. The van der Waals surface area contributed by atoms with Crippen molar-refractivity contribution in [2.75, 3.05) is 18.5 Å². The predicted octanol–water partition coefficient (Wildman–Crippen LogP) is 3.20. The third-order valence-corrected chi connectivity index (χ3v) is 3.49. The van der Waals surface area contributed by atoms with Crippen molar-refractivity contribution in [1.29, 1.82) is 0 Å². The molecular weight excluding hydrogens is 258 g/mol. The van der Waals surface area contributed by atoms with Crippen molar-refractivity contribution in [3.63, 3.8) is 0 Å². The zero-order valence-corrected chi connectivity index (χ0v) is 12.1. The molecule has 19 heavy (non-hydrogen) atoms. The van der Waals surface area contributed by atoms with Crippen molar-refractivity contribution in [3.05, 3.63) is 53.5 Å². The molecule has 2 aromatic heterocycles. The molecule has 0 bridgehead atoms. The molecule has 2 heterocycles. The molecule has 0 atom stereocenters. The number of hydrogen-bond donors (Lipinski definition) is 0. The minimum absolute atomic E-state index is 0.514. The molecule has 0 saturated carbocycles. The molecule has 4 heteroatoms. The van der Waals surface area contributed by atoms with E-state index in [0.717, 1.165) is 30.0 Å². The Morgan fingerprint density at radius 1 is 1.16 bits per heavy atom. The number of aromatic nitrogens is 2. The van der Waals surface area contributed by atoms with Gasteiger partial charge in [-0.25, -0.2) is 4.98 Å². The molecule has 0 aliphatic rings. The van der Waals surface area contributed by atoms with Crippen molar-refractivity contribution in [2.24, 2.45) is 0 Å². The smallest absolute Gasteiger partial charge is 0.128 e. The van der Waals surface area contributed by atoms with Gasteiger partial charge in [-0.3, -0.25) is 4.98 Å². The van der Waals surface area contributed by atoms with Crippen LogP contribution < -0.4 is 4.90 Å². The molecule has 0 aliphatic carbocycles. The molecule has 0 radical (unpaired) electrons. The Balaban J connectivity index is 2.00. The second kappa shape index (κ2) is 6.53. The normalized spacial score (nSPS) is 10.5. The highest BCUT2D eigenvalue weighted by molar-refractivity contribution is 6.17. The summed E-state index contributed by atoms with van der Waals surface area (Å²) in [6.07, 6.45) is 4.64. The number of pyridine rings is 2. The van der Waals surface area contributed by atoms with E-state index in [2.05, 4.69) is 21.9 Å². The van der Waals surface area contributed by atoms with E-state index in [9.17, 15) is 0 Å². The van der Waals surface area contributed by atoms with Gasteiger partial charge in [0.1, 0.15) is 5.82 Å². The maximum Gasteiger partial charge on any atom is 0.128 e. The van der Waals surface area contributed by atoms with Gasteiger partial charge in [0.05, 0.1) is 0 Å². The first-order valence-corrected chi connectivity index (χ1v) is 6.86. The monoisotopic (exact) mass is 275 g/mol. The molecule has 0 N–H and O–H groups in total. The zero-order valence-electron chi connectivity index (χ0n) is 11.3. The Labute approximate surface area is 119 Å². The van der Waals surface area contributed by atoms with Gasteiger partial charge in [-0.15, -0.1) is 11.6 Å². The third-order valence-electron chi connectivity index (χ3n) is 3.20. The number of likely N-dealkylation sites (N-methyl/N-ethyl adjacent to an activating group) is 1. The Hall–Kier alpha value is -1.61. The van der Waals surface area contributed by atoms with Crippen LogP contribution in [0.15, 0.2) is 36.7 Å². The molecule has 2 rings (SSSR count). The summed E-state index contributed by atoms with van der Waals surface area (Å²) >= 11 is 5.85. The van der Waals surface area contributed by atoms with E-state index in [0.29, 0.717) is 5.88 Å². The lowest BCUT2D eigenvalue weighted by molar-refractivity contribution is 0.853. The van der Waals surface area contributed by atoms with Crippen LogP contribution in [-0.2, 0) is 12.3 Å². The molecular formula is C15H18ClN3. The maximum absolute atomic E-state index is 5.85. The molecule has 0 aromatic carbocycles. The lowest BCUT2D eigenvalue weighted by Crippen LogP contribution is -2.21. The quantitative estimate of drug-likeness (QED) is 0.785. The average molecular weight is 276 g/mol. The topological polar surface area (TPSA) is 29.0 Å². The van der Waals surface area contributed by atoms with Crippen LogP contribution in [0, 0.1) is 6.92 Å². The largest absolute Gasteiger partial charge is 0.359 e. The van der Waals surface area contributed by atoms with Gasteiger partial charge >= 0.3 is 0 Å². The van der Waals surface area contributed by atoms with Crippen LogP contribution in [0.1, 0.15) is 16.8 Å². The number of nitrogens with zero attached hydrogens (tertiary/aromatic N) is 3. The Morgan fingerprint density at radius 3 is 2.53 bits per heavy atom. The van der Waals surface area contributed by atoms with Gasteiger partial charge in [0, 0.05) is 37.6 Å². The third kappa shape index (κ3) is 3.67. The van der Waals surface area contributed by atoms with E-state index in [-0.39, 0.29) is 0 Å². The van der Waals surface area contributed by atoms with E-state index in [1.807, 2.05) is 43.6 Å². The SMILES string of the molecule is Cc1nc(N(C)CCc2ccncc2)ccc1CCl. The zero-order chi connectivity index (χ0) is 13.7. The van der Waals surface area contributed by atoms with Crippen molar-refractivity contribution in [1.82, 2.24) is 9.97 Å². The molecule has 100 valence electrons. The van der Waals surface area contributed by atoms with Gasteiger partial charge < -0.3 is 4.90 Å². The molecule has 0 fully saturated rings. The fraction of sp³-hybridized carbons (Fsp3) is 0.333. The molecule has 0 aliphatic heterocycles. The predicted molar refractivity (Wildman–Crippen MR) is 79.7 cm³/mol. The van der Waals surface area contributed by atoms with Gasteiger partial charge in [0.15, 0.2) is 0 Å². The molecule has 3 nitrogen and oxygen atoms in total. The molecule has 0 spiro atoms. The highest BCUT2D eigenvalue weighted by Gasteiger charge is 2.05. The van der Waals surface area contributed by atoms with E-state index in [1.54, 1.807) is 0 Å². The minimum Gasteiger partial charge on any atom is -0.359 e. The fourth-order valence-electron chi connectivity index (χ4n) is 1.89. The average Bonchev–Trinajstić information content (AvgIpc) is 2.45. The van der Waals surface area contributed by atoms with E-state index in [1.165, 1.54) is 5.56 Å². The van der Waals surface area contributed by atoms with Crippen molar-refractivity contribution in [3.8, 4) is 0 Å².